The topological polar surface area (TPSA) is 105 Å². The molecule has 9 heteroatoms. The van der Waals surface area contributed by atoms with Gasteiger partial charge in [-0.3, -0.25) is 9.59 Å². The molecule has 2 N–H and O–H groups in total. The number of benzene rings is 2. The molecule has 0 aromatic heterocycles. The molecule has 0 saturated carbocycles. The molecule has 0 saturated heterocycles. The highest BCUT2D eigenvalue weighted by molar-refractivity contribution is 7.87. The number of rotatable bonds is 9. The van der Waals surface area contributed by atoms with Crippen LogP contribution in [0.1, 0.15) is 49.8 Å². The van der Waals surface area contributed by atoms with Crippen molar-refractivity contribution in [1.82, 2.24) is 14.3 Å². The standard InChI is InChI=1S/C26H33N3O5S/c1-6-7-16-34-21-14-12-20(13-15-21)26(3)17-22(19-10-8-18(2)9-11-19)23(24(30)27-26)25(31)28-35(32,33)29(4)5/h8-15H,6-7,16-17H2,1-5H3,(H,27,30)(H,28,31)/t26-/m0/s1. The van der Waals surface area contributed by atoms with Crippen molar-refractivity contribution in [3.8, 4) is 5.75 Å². The van der Waals surface area contributed by atoms with Crippen LogP contribution in [0.2, 0.25) is 0 Å². The van der Waals surface area contributed by atoms with Gasteiger partial charge in [0.15, 0.2) is 0 Å². The van der Waals surface area contributed by atoms with Crippen molar-refractivity contribution in [2.45, 2.75) is 45.6 Å². The van der Waals surface area contributed by atoms with Gasteiger partial charge in [0.2, 0.25) is 0 Å². The van der Waals surface area contributed by atoms with Gasteiger partial charge in [-0.05, 0) is 49.1 Å². The van der Waals surface area contributed by atoms with Crippen LogP contribution < -0.4 is 14.8 Å². The van der Waals surface area contributed by atoms with Crippen LogP contribution in [-0.4, -0.2) is 45.2 Å². The van der Waals surface area contributed by atoms with Crippen molar-refractivity contribution < 1.29 is 22.7 Å². The average Bonchev–Trinajstić information content (AvgIpc) is 2.79. The molecule has 1 aliphatic heterocycles. The minimum Gasteiger partial charge on any atom is -0.494 e. The first-order valence-electron chi connectivity index (χ1n) is 11.6. The van der Waals surface area contributed by atoms with Crippen LogP contribution >= 0.6 is 0 Å². The van der Waals surface area contributed by atoms with Gasteiger partial charge in [0.05, 0.1) is 12.1 Å². The second kappa shape index (κ2) is 10.6. The maximum atomic E-state index is 13.3. The minimum atomic E-state index is -4.07. The molecule has 0 spiro atoms. The number of ether oxygens (including phenoxy) is 1. The molecule has 1 aliphatic rings. The largest absolute Gasteiger partial charge is 0.494 e. The summed E-state index contributed by atoms with van der Waals surface area (Å²) in [6.07, 6.45) is 2.30. The van der Waals surface area contributed by atoms with Crippen molar-refractivity contribution >= 4 is 27.6 Å². The van der Waals surface area contributed by atoms with Crippen molar-refractivity contribution in [2.75, 3.05) is 20.7 Å². The number of hydrogen-bond donors (Lipinski definition) is 2. The van der Waals surface area contributed by atoms with Crippen LogP contribution in [0.15, 0.2) is 54.1 Å². The van der Waals surface area contributed by atoms with E-state index in [0.717, 1.165) is 34.0 Å². The van der Waals surface area contributed by atoms with Crippen molar-refractivity contribution in [3.63, 3.8) is 0 Å². The van der Waals surface area contributed by atoms with Crippen LogP contribution in [-0.2, 0) is 25.3 Å². The van der Waals surface area contributed by atoms with Crippen molar-refractivity contribution in [3.05, 3.63) is 70.8 Å². The van der Waals surface area contributed by atoms with E-state index in [2.05, 4.69) is 12.2 Å². The highest BCUT2D eigenvalue weighted by atomic mass is 32.2. The van der Waals surface area contributed by atoms with Crippen LogP contribution in [0.4, 0.5) is 0 Å². The molecule has 188 valence electrons. The quantitative estimate of drug-likeness (QED) is 0.407. The number of nitrogens with one attached hydrogen (secondary N) is 2. The molecule has 2 amide bonds. The van der Waals surface area contributed by atoms with E-state index in [4.69, 9.17) is 4.74 Å². The van der Waals surface area contributed by atoms with E-state index in [9.17, 15) is 18.0 Å². The Kier molecular flexibility index (Phi) is 8.02. The Morgan fingerprint density at radius 2 is 1.74 bits per heavy atom. The Labute approximate surface area is 207 Å². The van der Waals surface area contributed by atoms with Crippen LogP contribution in [0.25, 0.3) is 5.57 Å². The summed E-state index contributed by atoms with van der Waals surface area (Å²) in [7, 11) is -1.46. The number of carbonyl (C=O) groups is 2. The first-order valence-corrected chi connectivity index (χ1v) is 13.0. The summed E-state index contributed by atoms with van der Waals surface area (Å²) >= 11 is 0. The number of unbranched alkanes of at least 4 members (excludes halogenated alkanes) is 1. The van der Waals surface area contributed by atoms with E-state index in [1.165, 1.54) is 14.1 Å². The van der Waals surface area contributed by atoms with E-state index in [-0.39, 0.29) is 5.57 Å². The first-order chi connectivity index (χ1) is 16.5. The molecule has 3 rings (SSSR count). The summed E-state index contributed by atoms with van der Waals surface area (Å²) in [4.78, 5) is 26.4. The van der Waals surface area contributed by atoms with Gasteiger partial charge >= 0.3 is 10.2 Å². The number of aryl methyl sites for hydroxylation is 1. The Morgan fingerprint density at radius 1 is 1.11 bits per heavy atom. The fourth-order valence-corrected chi connectivity index (χ4v) is 4.38. The monoisotopic (exact) mass is 499 g/mol. The van der Waals surface area contributed by atoms with Gasteiger partial charge in [-0.1, -0.05) is 55.3 Å². The zero-order chi connectivity index (χ0) is 25.8. The average molecular weight is 500 g/mol. The molecule has 35 heavy (non-hydrogen) atoms. The summed E-state index contributed by atoms with van der Waals surface area (Å²) < 4.78 is 33.2. The molecule has 0 bridgehead atoms. The Bertz CT molecular complexity index is 1220. The summed E-state index contributed by atoms with van der Waals surface area (Å²) in [5.74, 6) is -0.853. The van der Waals surface area contributed by atoms with E-state index < -0.39 is 27.6 Å². The molecule has 1 atom stereocenters. The van der Waals surface area contributed by atoms with Gasteiger partial charge in [-0.25, -0.2) is 4.72 Å². The smallest absolute Gasteiger partial charge is 0.303 e. The molecule has 0 aliphatic carbocycles. The van der Waals surface area contributed by atoms with Crippen molar-refractivity contribution in [2.24, 2.45) is 0 Å². The predicted octanol–water partition coefficient (Wildman–Crippen LogP) is 3.29. The SMILES string of the molecule is CCCCOc1ccc([C@]2(C)CC(c3ccc(C)cc3)=C(C(=O)NS(=O)(=O)N(C)C)C(=O)N2)cc1. The third kappa shape index (κ3) is 6.10. The molecular formula is C26H33N3O5S. The molecule has 2 aromatic rings. The summed E-state index contributed by atoms with van der Waals surface area (Å²) in [5.41, 5.74) is 2.01. The van der Waals surface area contributed by atoms with Crippen LogP contribution in [0, 0.1) is 6.92 Å². The molecule has 0 unspecified atom stereocenters. The minimum absolute atomic E-state index is 0.212. The normalized spacial score (nSPS) is 18.4. The Balaban J connectivity index is 2.01. The summed E-state index contributed by atoms with van der Waals surface area (Å²) in [5, 5.41) is 2.93. The zero-order valence-corrected chi connectivity index (χ0v) is 21.7. The predicted molar refractivity (Wildman–Crippen MR) is 136 cm³/mol. The van der Waals surface area contributed by atoms with E-state index in [1.807, 2.05) is 67.1 Å². The molecule has 2 aromatic carbocycles. The van der Waals surface area contributed by atoms with Gasteiger partial charge < -0.3 is 10.1 Å². The highest BCUT2D eigenvalue weighted by Gasteiger charge is 2.40. The second-order valence-corrected chi connectivity index (χ2v) is 11.0. The third-order valence-electron chi connectivity index (χ3n) is 6.04. The Morgan fingerprint density at radius 3 is 2.31 bits per heavy atom. The lowest BCUT2D eigenvalue weighted by Gasteiger charge is -2.37. The van der Waals surface area contributed by atoms with E-state index >= 15 is 0 Å². The summed E-state index contributed by atoms with van der Waals surface area (Å²) in [6.45, 7) is 6.57. The molecule has 0 fully saturated rings. The molecule has 8 nitrogen and oxygen atoms in total. The van der Waals surface area contributed by atoms with Gasteiger partial charge in [0.1, 0.15) is 11.3 Å². The van der Waals surface area contributed by atoms with Crippen LogP contribution in [0.3, 0.4) is 0 Å². The van der Waals surface area contributed by atoms with Gasteiger partial charge in [-0.2, -0.15) is 12.7 Å². The summed E-state index contributed by atoms with van der Waals surface area (Å²) in [6, 6.07) is 15.0. The van der Waals surface area contributed by atoms with Gasteiger partial charge in [-0.15, -0.1) is 0 Å². The number of carbonyl (C=O) groups excluding carboxylic acids is 2. The van der Waals surface area contributed by atoms with Gasteiger partial charge in [0, 0.05) is 20.5 Å². The maximum Gasteiger partial charge on any atom is 0.303 e. The molecule has 1 heterocycles. The first kappa shape index (κ1) is 26.4. The highest BCUT2D eigenvalue weighted by Crippen LogP contribution is 2.39. The van der Waals surface area contributed by atoms with Gasteiger partial charge in [0.25, 0.3) is 11.8 Å². The fraction of sp³-hybridized carbons (Fsp3) is 0.385. The van der Waals surface area contributed by atoms with E-state index in [0.29, 0.717) is 24.2 Å². The number of amides is 2. The zero-order valence-electron chi connectivity index (χ0n) is 20.8. The fourth-order valence-electron chi connectivity index (χ4n) is 3.86. The Hall–Kier alpha value is -3.17. The molecule has 0 radical (unpaired) electrons. The van der Waals surface area contributed by atoms with E-state index in [1.54, 1.807) is 0 Å². The number of nitrogens with zero attached hydrogens (tertiary/aromatic N) is 1. The lowest BCUT2D eigenvalue weighted by Crippen LogP contribution is -2.51. The maximum absolute atomic E-state index is 13.3. The molecular weight excluding hydrogens is 466 g/mol. The number of hydrogen-bond acceptors (Lipinski definition) is 5. The van der Waals surface area contributed by atoms with Crippen molar-refractivity contribution in [1.29, 1.82) is 0 Å². The second-order valence-electron chi connectivity index (χ2n) is 9.13. The lowest BCUT2D eigenvalue weighted by atomic mass is 9.78. The lowest BCUT2D eigenvalue weighted by molar-refractivity contribution is -0.124. The van der Waals surface area contributed by atoms with Crippen LogP contribution in [0.5, 0.6) is 5.75 Å². The third-order valence-corrected chi connectivity index (χ3v) is 7.44.